The number of para-hydroxylation sites is 1. The lowest BCUT2D eigenvalue weighted by Crippen LogP contribution is -2.45. The molecule has 0 radical (unpaired) electrons. The van der Waals surface area contributed by atoms with Crippen LogP contribution in [-0.4, -0.2) is 50.3 Å². The van der Waals surface area contributed by atoms with Gasteiger partial charge >= 0.3 is 0 Å². The van der Waals surface area contributed by atoms with Crippen LogP contribution >= 0.6 is 0 Å². The number of piperidine rings is 1. The van der Waals surface area contributed by atoms with E-state index in [1.54, 1.807) is 12.1 Å². The number of ether oxygens (including phenoxy) is 1. The van der Waals surface area contributed by atoms with Crippen LogP contribution in [0.5, 0.6) is 0 Å². The van der Waals surface area contributed by atoms with Gasteiger partial charge in [-0.25, -0.2) is 4.39 Å². The molecular formula is C17H25FN2O. The molecule has 1 atom stereocenters. The summed E-state index contributed by atoms with van der Waals surface area (Å²) in [7, 11) is 2.20. The molecule has 1 aromatic carbocycles. The summed E-state index contributed by atoms with van der Waals surface area (Å²) >= 11 is 0. The molecule has 21 heavy (non-hydrogen) atoms. The molecule has 0 spiro atoms. The molecule has 4 heteroatoms. The molecule has 3 rings (SSSR count). The molecule has 2 saturated heterocycles. The van der Waals surface area contributed by atoms with E-state index in [0.717, 1.165) is 44.8 Å². The van der Waals surface area contributed by atoms with E-state index in [-0.39, 0.29) is 5.82 Å². The van der Waals surface area contributed by atoms with E-state index in [2.05, 4.69) is 16.8 Å². The predicted molar refractivity (Wildman–Crippen MR) is 83.2 cm³/mol. The summed E-state index contributed by atoms with van der Waals surface area (Å²) in [5.74, 6) is -0.108. The molecular weight excluding hydrogens is 267 g/mol. The van der Waals surface area contributed by atoms with Gasteiger partial charge in [0, 0.05) is 32.3 Å². The zero-order chi connectivity index (χ0) is 14.7. The third kappa shape index (κ3) is 3.55. The Kier molecular flexibility index (Phi) is 4.76. The number of anilines is 1. The quantitative estimate of drug-likeness (QED) is 0.848. The van der Waals surface area contributed by atoms with Crippen LogP contribution in [0, 0.1) is 5.82 Å². The number of halogens is 1. The molecule has 2 heterocycles. The van der Waals surface area contributed by atoms with Crippen LogP contribution in [0.15, 0.2) is 24.3 Å². The van der Waals surface area contributed by atoms with Crippen LogP contribution in [0.2, 0.25) is 0 Å². The molecule has 0 unspecified atom stereocenters. The van der Waals surface area contributed by atoms with Crippen LogP contribution < -0.4 is 4.90 Å². The van der Waals surface area contributed by atoms with Crippen LogP contribution in [0.4, 0.5) is 10.1 Å². The first-order valence-electron chi connectivity index (χ1n) is 8.05. The summed E-state index contributed by atoms with van der Waals surface area (Å²) in [6.45, 7) is 3.82. The first-order chi connectivity index (χ1) is 10.2. The molecule has 0 saturated carbocycles. The maximum Gasteiger partial charge on any atom is 0.146 e. The highest BCUT2D eigenvalue weighted by molar-refractivity contribution is 5.47. The van der Waals surface area contributed by atoms with Gasteiger partial charge in [0.15, 0.2) is 0 Å². The van der Waals surface area contributed by atoms with Gasteiger partial charge in [0.25, 0.3) is 0 Å². The van der Waals surface area contributed by atoms with Crippen molar-refractivity contribution in [2.75, 3.05) is 38.2 Å². The lowest BCUT2D eigenvalue weighted by atomic mass is 10.0. The Morgan fingerprint density at radius 2 is 2.00 bits per heavy atom. The standard InChI is InChI=1S/C17H25FN2O/c1-19(13-15-5-4-12-21-15)14-8-10-20(11-9-14)17-7-3-2-6-16(17)18/h2-3,6-7,14-15H,4-5,8-13H2,1H3/t15-/m0/s1. The molecule has 0 bridgehead atoms. The first kappa shape index (κ1) is 14.8. The molecule has 0 N–H and O–H groups in total. The van der Waals surface area contributed by atoms with Gasteiger partial charge in [-0.15, -0.1) is 0 Å². The number of hydrogen-bond donors (Lipinski definition) is 0. The summed E-state index contributed by atoms with van der Waals surface area (Å²) in [4.78, 5) is 4.61. The second-order valence-electron chi connectivity index (χ2n) is 6.24. The largest absolute Gasteiger partial charge is 0.377 e. The van der Waals surface area contributed by atoms with E-state index in [4.69, 9.17) is 4.74 Å². The van der Waals surface area contributed by atoms with Gasteiger partial charge in [-0.05, 0) is 44.9 Å². The summed E-state index contributed by atoms with van der Waals surface area (Å²) in [6.07, 6.45) is 5.00. The summed E-state index contributed by atoms with van der Waals surface area (Å²) in [5, 5.41) is 0. The highest BCUT2D eigenvalue weighted by atomic mass is 19.1. The van der Waals surface area contributed by atoms with E-state index >= 15 is 0 Å². The molecule has 0 aromatic heterocycles. The van der Waals surface area contributed by atoms with Gasteiger partial charge in [0.2, 0.25) is 0 Å². The van der Waals surface area contributed by atoms with E-state index in [9.17, 15) is 4.39 Å². The van der Waals surface area contributed by atoms with Crippen molar-refractivity contribution in [3.8, 4) is 0 Å². The molecule has 0 aliphatic carbocycles. The number of benzene rings is 1. The fourth-order valence-corrected chi connectivity index (χ4v) is 3.51. The Bertz CT molecular complexity index is 454. The van der Waals surface area contributed by atoms with Crippen molar-refractivity contribution in [1.29, 1.82) is 0 Å². The van der Waals surface area contributed by atoms with Crippen molar-refractivity contribution in [3.63, 3.8) is 0 Å². The number of likely N-dealkylation sites (N-methyl/N-ethyl adjacent to an activating group) is 1. The van der Waals surface area contributed by atoms with Crippen molar-refractivity contribution in [2.24, 2.45) is 0 Å². The first-order valence-corrected chi connectivity index (χ1v) is 8.05. The minimum Gasteiger partial charge on any atom is -0.377 e. The van der Waals surface area contributed by atoms with Gasteiger partial charge < -0.3 is 14.5 Å². The van der Waals surface area contributed by atoms with Gasteiger partial charge in [-0.2, -0.15) is 0 Å². The Hall–Kier alpha value is -1.13. The zero-order valence-corrected chi connectivity index (χ0v) is 12.8. The van der Waals surface area contributed by atoms with Gasteiger partial charge in [-0.3, -0.25) is 0 Å². The molecule has 2 aliphatic rings. The second-order valence-corrected chi connectivity index (χ2v) is 6.24. The number of hydrogen-bond acceptors (Lipinski definition) is 3. The average Bonchev–Trinajstić information content (AvgIpc) is 3.01. The number of nitrogens with zero attached hydrogens (tertiary/aromatic N) is 2. The van der Waals surface area contributed by atoms with Crippen molar-refractivity contribution >= 4 is 5.69 Å². The summed E-state index contributed by atoms with van der Waals surface area (Å²) in [5.41, 5.74) is 0.748. The van der Waals surface area contributed by atoms with Gasteiger partial charge in [0.05, 0.1) is 11.8 Å². The normalized spacial score (nSPS) is 24.0. The van der Waals surface area contributed by atoms with Crippen LogP contribution in [0.25, 0.3) is 0 Å². The van der Waals surface area contributed by atoms with Crippen LogP contribution in [-0.2, 0) is 4.74 Å². The van der Waals surface area contributed by atoms with Crippen LogP contribution in [0.3, 0.4) is 0 Å². The van der Waals surface area contributed by atoms with Crippen LogP contribution in [0.1, 0.15) is 25.7 Å². The van der Waals surface area contributed by atoms with E-state index < -0.39 is 0 Å². The minimum absolute atomic E-state index is 0.108. The van der Waals surface area contributed by atoms with E-state index in [1.165, 1.54) is 12.8 Å². The summed E-state index contributed by atoms with van der Waals surface area (Å²) < 4.78 is 19.6. The molecule has 1 aromatic rings. The maximum atomic E-state index is 13.8. The second kappa shape index (κ2) is 6.75. The highest BCUT2D eigenvalue weighted by Gasteiger charge is 2.26. The molecule has 2 aliphatic heterocycles. The molecule has 3 nitrogen and oxygen atoms in total. The summed E-state index contributed by atoms with van der Waals surface area (Å²) in [6, 6.07) is 7.68. The van der Waals surface area contributed by atoms with Crippen molar-refractivity contribution < 1.29 is 9.13 Å². The van der Waals surface area contributed by atoms with Gasteiger partial charge in [-0.1, -0.05) is 12.1 Å². The topological polar surface area (TPSA) is 15.7 Å². The minimum atomic E-state index is -0.108. The van der Waals surface area contributed by atoms with E-state index in [1.807, 2.05) is 12.1 Å². The monoisotopic (exact) mass is 292 g/mol. The fraction of sp³-hybridized carbons (Fsp3) is 0.647. The fourth-order valence-electron chi connectivity index (χ4n) is 3.51. The Balaban J connectivity index is 1.51. The molecule has 0 amide bonds. The Morgan fingerprint density at radius 3 is 2.67 bits per heavy atom. The number of rotatable bonds is 4. The smallest absolute Gasteiger partial charge is 0.146 e. The van der Waals surface area contributed by atoms with Gasteiger partial charge in [0.1, 0.15) is 5.82 Å². The van der Waals surface area contributed by atoms with Crippen molar-refractivity contribution in [1.82, 2.24) is 4.90 Å². The highest BCUT2D eigenvalue weighted by Crippen LogP contribution is 2.25. The molecule has 2 fully saturated rings. The van der Waals surface area contributed by atoms with Crippen molar-refractivity contribution in [3.05, 3.63) is 30.1 Å². The molecule has 116 valence electrons. The lowest BCUT2D eigenvalue weighted by molar-refractivity contribution is 0.0635. The SMILES string of the molecule is CN(C[C@@H]1CCCO1)C1CCN(c2ccccc2F)CC1. The maximum absolute atomic E-state index is 13.8. The van der Waals surface area contributed by atoms with Crippen molar-refractivity contribution in [2.45, 2.75) is 37.8 Å². The zero-order valence-electron chi connectivity index (χ0n) is 12.8. The third-order valence-electron chi connectivity index (χ3n) is 4.80. The van der Waals surface area contributed by atoms with E-state index in [0.29, 0.717) is 12.1 Å². The lowest BCUT2D eigenvalue weighted by Gasteiger charge is -2.38. The third-order valence-corrected chi connectivity index (χ3v) is 4.80. The Morgan fingerprint density at radius 1 is 1.24 bits per heavy atom. The average molecular weight is 292 g/mol. The Labute approximate surface area is 126 Å². The predicted octanol–water partition coefficient (Wildman–Crippen LogP) is 2.91.